The van der Waals surface area contributed by atoms with Gasteiger partial charge in [-0.2, -0.15) is 0 Å². The first-order chi connectivity index (χ1) is 10.8. The monoisotopic (exact) mass is 337 g/mol. The Labute approximate surface area is 140 Å². The molecule has 0 saturated carbocycles. The second-order valence-corrected chi connectivity index (χ2v) is 7.12. The molecule has 0 radical (unpaired) electrons. The predicted octanol–water partition coefficient (Wildman–Crippen LogP) is 2.60. The molecule has 0 spiro atoms. The SMILES string of the molecule is CC(C)C1(C(=O)O)CCN(C(=O)C2Cc3cc(Cl)ccc3O2)C1. The summed E-state index contributed by atoms with van der Waals surface area (Å²) in [7, 11) is 0. The van der Waals surface area contributed by atoms with Gasteiger partial charge in [0.2, 0.25) is 0 Å². The van der Waals surface area contributed by atoms with E-state index in [9.17, 15) is 14.7 Å². The number of nitrogens with zero attached hydrogens (tertiary/aromatic N) is 1. The zero-order valence-electron chi connectivity index (χ0n) is 13.2. The van der Waals surface area contributed by atoms with Gasteiger partial charge in [0.05, 0.1) is 5.41 Å². The van der Waals surface area contributed by atoms with Gasteiger partial charge in [-0.25, -0.2) is 0 Å². The fourth-order valence-electron chi connectivity index (χ4n) is 3.47. The van der Waals surface area contributed by atoms with Crippen LogP contribution >= 0.6 is 11.6 Å². The van der Waals surface area contributed by atoms with E-state index in [1.54, 1.807) is 17.0 Å². The van der Waals surface area contributed by atoms with Crippen molar-refractivity contribution in [1.29, 1.82) is 0 Å². The normalized spacial score (nSPS) is 26.3. The van der Waals surface area contributed by atoms with Gasteiger partial charge in [0, 0.05) is 24.5 Å². The van der Waals surface area contributed by atoms with Crippen molar-refractivity contribution in [2.45, 2.75) is 32.8 Å². The highest BCUT2D eigenvalue weighted by molar-refractivity contribution is 6.30. The molecule has 1 aromatic carbocycles. The van der Waals surface area contributed by atoms with Crippen molar-refractivity contribution in [2.75, 3.05) is 13.1 Å². The minimum Gasteiger partial charge on any atom is -0.481 e. The number of carbonyl (C=O) groups excluding carboxylic acids is 1. The number of aliphatic carboxylic acids is 1. The average molecular weight is 338 g/mol. The number of carboxylic acids is 1. The number of benzene rings is 1. The number of hydrogen-bond donors (Lipinski definition) is 1. The number of likely N-dealkylation sites (tertiary alicyclic amines) is 1. The van der Waals surface area contributed by atoms with Crippen LogP contribution in [0.3, 0.4) is 0 Å². The summed E-state index contributed by atoms with van der Waals surface area (Å²) in [6.07, 6.45) is 0.379. The van der Waals surface area contributed by atoms with Crippen molar-refractivity contribution in [3.8, 4) is 5.75 Å². The first kappa shape index (κ1) is 16.1. The summed E-state index contributed by atoms with van der Waals surface area (Å²) in [5.41, 5.74) is 0.0631. The number of carbonyl (C=O) groups is 2. The third kappa shape index (κ3) is 2.67. The van der Waals surface area contributed by atoms with Crippen molar-refractivity contribution >= 4 is 23.5 Å². The summed E-state index contributed by atoms with van der Waals surface area (Å²) in [4.78, 5) is 26.0. The van der Waals surface area contributed by atoms with E-state index >= 15 is 0 Å². The molecule has 5 nitrogen and oxygen atoms in total. The van der Waals surface area contributed by atoms with Crippen LogP contribution in [0.2, 0.25) is 5.02 Å². The Morgan fingerprint density at radius 1 is 1.43 bits per heavy atom. The third-order valence-electron chi connectivity index (χ3n) is 5.12. The summed E-state index contributed by atoms with van der Waals surface area (Å²) >= 11 is 5.97. The van der Waals surface area contributed by atoms with E-state index < -0.39 is 17.5 Å². The van der Waals surface area contributed by atoms with E-state index in [1.807, 2.05) is 19.9 Å². The fraction of sp³-hybridized carbons (Fsp3) is 0.529. The van der Waals surface area contributed by atoms with E-state index in [0.29, 0.717) is 30.2 Å². The molecule has 0 aliphatic carbocycles. The smallest absolute Gasteiger partial charge is 0.311 e. The number of hydrogen-bond acceptors (Lipinski definition) is 3. The summed E-state index contributed by atoms with van der Waals surface area (Å²) < 4.78 is 5.73. The van der Waals surface area contributed by atoms with Crippen LogP contribution in [0.5, 0.6) is 5.75 Å². The summed E-state index contributed by atoms with van der Waals surface area (Å²) in [6, 6.07) is 5.31. The van der Waals surface area contributed by atoms with Crippen LogP contribution in [0.1, 0.15) is 25.8 Å². The quantitative estimate of drug-likeness (QED) is 0.920. The summed E-state index contributed by atoms with van der Waals surface area (Å²) in [6.45, 7) is 4.49. The Balaban J connectivity index is 1.73. The minimum absolute atomic E-state index is 0.0294. The molecule has 1 N–H and O–H groups in total. The largest absolute Gasteiger partial charge is 0.481 e. The number of ether oxygens (including phenoxy) is 1. The van der Waals surface area contributed by atoms with Crippen LogP contribution in [0.25, 0.3) is 0 Å². The Morgan fingerprint density at radius 2 is 2.17 bits per heavy atom. The standard InChI is InChI=1S/C17H20ClNO4/c1-10(2)17(16(21)22)5-6-19(9-17)15(20)14-8-11-7-12(18)3-4-13(11)23-14/h3-4,7,10,14H,5-6,8-9H2,1-2H3,(H,21,22). The topological polar surface area (TPSA) is 66.8 Å². The molecule has 2 atom stereocenters. The molecule has 1 fully saturated rings. The molecule has 1 amide bonds. The minimum atomic E-state index is -0.857. The molecule has 6 heteroatoms. The van der Waals surface area contributed by atoms with Gasteiger partial charge in [-0.3, -0.25) is 9.59 Å². The Morgan fingerprint density at radius 3 is 2.78 bits per heavy atom. The number of amides is 1. The number of rotatable bonds is 3. The molecule has 2 aliphatic heterocycles. The highest BCUT2D eigenvalue weighted by atomic mass is 35.5. The van der Waals surface area contributed by atoms with E-state index in [4.69, 9.17) is 16.3 Å². The second-order valence-electron chi connectivity index (χ2n) is 6.69. The maximum Gasteiger partial charge on any atom is 0.311 e. The maximum atomic E-state index is 12.7. The Kier molecular flexibility index (Phi) is 4.00. The molecule has 2 unspecified atom stereocenters. The lowest BCUT2D eigenvalue weighted by Gasteiger charge is -2.29. The van der Waals surface area contributed by atoms with Crippen LogP contribution in [0.15, 0.2) is 18.2 Å². The molecule has 3 rings (SSSR count). The Bertz CT molecular complexity index is 660. The lowest BCUT2D eigenvalue weighted by atomic mass is 9.76. The van der Waals surface area contributed by atoms with Crippen molar-refractivity contribution in [1.82, 2.24) is 4.90 Å². The second kappa shape index (κ2) is 5.71. The molecular weight excluding hydrogens is 318 g/mol. The van der Waals surface area contributed by atoms with Gasteiger partial charge in [0.1, 0.15) is 5.75 Å². The van der Waals surface area contributed by atoms with E-state index in [2.05, 4.69) is 0 Å². The van der Waals surface area contributed by atoms with E-state index in [1.165, 1.54) is 0 Å². The molecule has 124 valence electrons. The summed E-state index contributed by atoms with van der Waals surface area (Å²) in [5.74, 6) is -0.315. The molecule has 0 bridgehead atoms. The van der Waals surface area contributed by atoms with Crippen LogP contribution in [0, 0.1) is 11.3 Å². The molecular formula is C17H20ClNO4. The summed E-state index contributed by atoms with van der Waals surface area (Å²) in [5, 5.41) is 10.2. The molecule has 0 aromatic heterocycles. The van der Waals surface area contributed by atoms with Crippen molar-refractivity contribution in [3.63, 3.8) is 0 Å². The van der Waals surface area contributed by atoms with Gasteiger partial charge in [0.15, 0.2) is 6.10 Å². The first-order valence-corrected chi connectivity index (χ1v) is 8.18. The fourth-order valence-corrected chi connectivity index (χ4v) is 3.67. The molecule has 1 saturated heterocycles. The van der Waals surface area contributed by atoms with E-state index in [-0.39, 0.29) is 18.4 Å². The van der Waals surface area contributed by atoms with Crippen LogP contribution in [-0.4, -0.2) is 41.1 Å². The van der Waals surface area contributed by atoms with Crippen LogP contribution in [0.4, 0.5) is 0 Å². The van der Waals surface area contributed by atoms with Crippen molar-refractivity contribution in [3.05, 3.63) is 28.8 Å². The van der Waals surface area contributed by atoms with Gasteiger partial charge in [-0.15, -0.1) is 0 Å². The lowest BCUT2D eigenvalue weighted by molar-refractivity contribution is -0.151. The van der Waals surface area contributed by atoms with Gasteiger partial charge in [0.25, 0.3) is 5.91 Å². The molecule has 1 aromatic rings. The van der Waals surface area contributed by atoms with Gasteiger partial charge < -0.3 is 14.7 Å². The highest BCUT2D eigenvalue weighted by Crippen LogP contribution is 2.39. The average Bonchev–Trinajstić information content (AvgIpc) is 3.10. The third-order valence-corrected chi connectivity index (χ3v) is 5.35. The van der Waals surface area contributed by atoms with Gasteiger partial charge in [-0.1, -0.05) is 25.4 Å². The van der Waals surface area contributed by atoms with Gasteiger partial charge >= 0.3 is 5.97 Å². The number of fused-ring (bicyclic) bond motifs is 1. The zero-order valence-corrected chi connectivity index (χ0v) is 14.0. The lowest BCUT2D eigenvalue weighted by Crippen LogP contribution is -2.44. The Hall–Kier alpha value is -1.75. The van der Waals surface area contributed by atoms with Gasteiger partial charge in [-0.05, 0) is 36.1 Å². The number of halogens is 1. The molecule has 23 heavy (non-hydrogen) atoms. The van der Waals surface area contributed by atoms with Crippen LogP contribution < -0.4 is 4.74 Å². The molecule has 2 aliphatic rings. The molecule has 2 heterocycles. The maximum absolute atomic E-state index is 12.7. The van der Waals surface area contributed by atoms with Crippen molar-refractivity contribution < 1.29 is 19.4 Å². The predicted molar refractivity (Wildman–Crippen MR) is 85.7 cm³/mol. The van der Waals surface area contributed by atoms with E-state index in [0.717, 1.165) is 5.56 Å². The van der Waals surface area contributed by atoms with Crippen LogP contribution in [-0.2, 0) is 16.0 Å². The first-order valence-electron chi connectivity index (χ1n) is 7.81. The number of carboxylic acid groups (broad SMARTS) is 1. The van der Waals surface area contributed by atoms with Crippen molar-refractivity contribution in [2.24, 2.45) is 11.3 Å². The highest BCUT2D eigenvalue weighted by Gasteiger charge is 2.49. The zero-order chi connectivity index (χ0) is 16.8.